The van der Waals surface area contributed by atoms with Crippen LogP contribution in [0.5, 0.6) is 0 Å². The molecule has 0 radical (unpaired) electrons. The van der Waals surface area contributed by atoms with Gasteiger partial charge in [0, 0.05) is 19.3 Å². The maximum Gasteiger partial charge on any atom is 0.215 e. The van der Waals surface area contributed by atoms with E-state index in [1.165, 1.54) is 0 Å². The number of hydrogen-bond donors (Lipinski definition) is 0. The summed E-state index contributed by atoms with van der Waals surface area (Å²) in [5.74, 6) is -0.0431. The van der Waals surface area contributed by atoms with Gasteiger partial charge in [-0.05, 0) is 29.3 Å². The molecule has 0 aromatic carbocycles. The number of carbonyl (C=O) groups is 1. The summed E-state index contributed by atoms with van der Waals surface area (Å²) >= 11 is 3.39. The third-order valence-electron chi connectivity index (χ3n) is 2.93. The van der Waals surface area contributed by atoms with Crippen LogP contribution in [0.4, 0.5) is 0 Å². The smallest absolute Gasteiger partial charge is 0.215 e. The minimum absolute atomic E-state index is 0.0431. The molecule has 2 heterocycles. The molecule has 0 atom stereocenters. The van der Waals surface area contributed by atoms with Crippen LogP contribution in [0.25, 0.3) is 0 Å². The second-order valence-corrected chi connectivity index (χ2v) is 5.01. The summed E-state index contributed by atoms with van der Waals surface area (Å²) in [6, 6.07) is 0. The minimum atomic E-state index is -0.0431. The number of aryl methyl sites for hydroxylation is 2. The van der Waals surface area contributed by atoms with Gasteiger partial charge in [-0.1, -0.05) is 6.92 Å². The van der Waals surface area contributed by atoms with Gasteiger partial charge in [-0.3, -0.25) is 14.2 Å². The minimum Gasteiger partial charge on any atom is -0.287 e. The lowest BCUT2D eigenvalue weighted by Crippen LogP contribution is -2.12. The summed E-state index contributed by atoms with van der Waals surface area (Å²) in [7, 11) is 1.82. The molecule has 0 bridgehead atoms. The molecule has 0 aliphatic carbocycles. The Hall–Kier alpha value is -1.43. The second-order valence-electron chi connectivity index (χ2n) is 4.16. The normalized spacial score (nSPS) is 10.9. The van der Waals surface area contributed by atoms with Crippen LogP contribution in [0.1, 0.15) is 35.1 Å². The van der Waals surface area contributed by atoms with Gasteiger partial charge in [0.2, 0.25) is 5.78 Å². The maximum absolute atomic E-state index is 12.5. The fourth-order valence-electron chi connectivity index (χ4n) is 1.82. The lowest BCUT2D eigenvalue weighted by molar-refractivity contribution is 0.102. The second kappa shape index (κ2) is 5.06. The van der Waals surface area contributed by atoms with Crippen molar-refractivity contribution < 1.29 is 4.79 Å². The zero-order valence-electron chi connectivity index (χ0n) is 10.6. The van der Waals surface area contributed by atoms with E-state index in [9.17, 15) is 4.79 Å². The number of ketones is 1. The molecule has 0 spiro atoms. The van der Waals surface area contributed by atoms with Gasteiger partial charge >= 0.3 is 0 Å². The first kappa shape index (κ1) is 13.0. The fourth-order valence-corrected chi connectivity index (χ4v) is 2.30. The van der Waals surface area contributed by atoms with Crippen molar-refractivity contribution in [2.24, 2.45) is 7.05 Å². The van der Waals surface area contributed by atoms with Crippen molar-refractivity contribution in [3.8, 4) is 0 Å². The third kappa shape index (κ3) is 2.12. The molecule has 2 aromatic heterocycles. The molecular weight excluding hydrogens is 296 g/mol. The number of nitrogens with zero attached hydrogens (tertiary/aromatic N) is 4. The average Bonchev–Trinajstić information content (AvgIpc) is 2.85. The van der Waals surface area contributed by atoms with E-state index in [1.807, 2.05) is 14.0 Å². The van der Waals surface area contributed by atoms with Crippen LogP contribution in [0.15, 0.2) is 16.9 Å². The number of hydrogen-bond acceptors (Lipinski definition) is 3. The molecule has 18 heavy (non-hydrogen) atoms. The van der Waals surface area contributed by atoms with Gasteiger partial charge in [0.25, 0.3) is 0 Å². The molecule has 0 saturated heterocycles. The summed E-state index contributed by atoms with van der Waals surface area (Å²) in [6.45, 7) is 4.67. The van der Waals surface area contributed by atoms with E-state index in [0.717, 1.165) is 23.1 Å². The molecule has 96 valence electrons. The topological polar surface area (TPSA) is 52.7 Å². The van der Waals surface area contributed by atoms with E-state index in [-0.39, 0.29) is 5.78 Å². The summed E-state index contributed by atoms with van der Waals surface area (Å²) in [5, 5.41) is 8.31. The Kier molecular flexibility index (Phi) is 3.65. The SMILES string of the molecule is CCCn1ncc(Br)c1C(=O)c1cnn(C)c1C. The van der Waals surface area contributed by atoms with E-state index < -0.39 is 0 Å². The molecule has 0 saturated carbocycles. The number of carbonyl (C=O) groups excluding carboxylic acids is 1. The Morgan fingerprint density at radius 2 is 2.11 bits per heavy atom. The van der Waals surface area contributed by atoms with Crippen LogP contribution in [0, 0.1) is 6.92 Å². The van der Waals surface area contributed by atoms with Crippen molar-refractivity contribution in [1.82, 2.24) is 19.6 Å². The van der Waals surface area contributed by atoms with Gasteiger partial charge < -0.3 is 0 Å². The van der Waals surface area contributed by atoms with Crippen molar-refractivity contribution in [3.63, 3.8) is 0 Å². The van der Waals surface area contributed by atoms with Crippen LogP contribution in [-0.2, 0) is 13.6 Å². The first-order valence-electron chi connectivity index (χ1n) is 5.80. The highest BCUT2D eigenvalue weighted by Gasteiger charge is 2.21. The fraction of sp³-hybridized carbons (Fsp3) is 0.417. The predicted molar refractivity (Wildman–Crippen MR) is 71.6 cm³/mol. The Labute approximate surface area is 114 Å². The van der Waals surface area contributed by atoms with Crippen molar-refractivity contribution in [1.29, 1.82) is 0 Å². The van der Waals surface area contributed by atoms with Crippen LogP contribution in [-0.4, -0.2) is 25.3 Å². The van der Waals surface area contributed by atoms with E-state index in [0.29, 0.717) is 11.3 Å². The van der Waals surface area contributed by atoms with Crippen LogP contribution in [0.3, 0.4) is 0 Å². The highest BCUT2D eigenvalue weighted by Crippen LogP contribution is 2.21. The molecule has 0 aliphatic heterocycles. The van der Waals surface area contributed by atoms with Crippen molar-refractivity contribution in [2.75, 3.05) is 0 Å². The average molecular weight is 311 g/mol. The Bertz CT molecular complexity index is 585. The first-order valence-corrected chi connectivity index (χ1v) is 6.60. The zero-order valence-corrected chi connectivity index (χ0v) is 12.2. The molecule has 0 N–H and O–H groups in total. The monoisotopic (exact) mass is 310 g/mol. The highest BCUT2D eigenvalue weighted by molar-refractivity contribution is 9.10. The van der Waals surface area contributed by atoms with Gasteiger partial charge in [-0.2, -0.15) is 10.2 Å². The van der Waals surface area contributed by atoms with Crippen molar-refractivity contribution in [2.45, 2.75) is 26.8 Å². The number of halogens is 1. The number of rotatable bonds is 4. The van der Waals surface area contributed by atoms with Crippen LogP contribution in [0.2, 0.25) is 0 Å². The maximum atomic E-state index is 12.5. The molecule has 0 amide bonds. The molecule has 6 heteroatoms. The molecule has 0 unspecified atom stereocenters. The largest absolute Gasteiger partial charge is 0.287 e. The molecule has 0 aliphatic rings. The van der Waals surface area contributed by atoms with Gasteiger partial charge in [-0.15, -0.1) is 0 Å². The van der Waals surface area contributed by atoms with E-state index in [1.54, 1.807) is 21.8 Å². The standard InChI is InChI=1S/C12H15BrN4O/c1-4-5-17-11(10(13)7-15-17)12(18)9-6-14-16(3)8(9)2/h6-7H,4-5H2,1-3H3. The summed E-state index contributed by atoms with van der Waals surface area (Å²) in [4.78, 5) is 12.5. The Morgan fingerprint density at radius 3 is 2.67 bits per heavy atom. The van der Waals surface area contributed by atoms with Gasteiger partial charge in [0.1, 0.15) is 5.69 Å². The molecule has 0 fully saturated rings. The Morgan fingerprint density at radius 1 is 1.39 bits per heavy atom. The highest BCUT2D eigenvalue weighted by atomic mass is 79.9. The molecular formula is C12H15BrN4O. The first-order chi connectivity index (χ1) is 8.56. The zero-order chi connectivity index (χ0) is 13.3. The molecule has 2 aromatic rings. The molecule has 5 nitrogen and oxygen atoms in total. The summed E-state index contributed by atoms with van der Waals surface area (Å²) < 4.78 is 4.16. The third-order valence-corrected chi connectivity index (χ3v) is 3.51. The number of aromatic nitrogens is 4. The van der Waals surface area contributed by atoms with Crippen molar-refractivity contribution in [3.05, 3.63) is 33.8 Å². The van der Waals surface area contributed by atoms with Crippen LogP contribution >= 0.6 is 15.9 Å². The summed E-state index contributed by atoms with van der Waals surface area (Å²) in [5.41, 5.74) is 2.07. The quantitative estimate of drug-likeness (QED) is 0.814. The van der Waals surface area contributed by atoms with Crippen LogP contribution < -0.4 is 0 Å². The van der Waals surface area contributed by atoms with Gasteiger partial charge in [0.15, 0.2) is 0 Å². The lowest BCUT2D eigenvalue weighted by atomic mass is 10.1. The van der Waals surface area contributed by atoms with E-state index in [2.05, 4.69) is 33.1 Å². The van der Waals surface area contributed by atoms with Gasteiger partial charge in [-0.25, -0.2) is 0 Å². The Balaban J connectivity index is 2.45. The van der Waals surface area contributed by atoms with E-state index >= 15 is 0 Å². The molecule has 2 rings (SSSR count). The predicted octanol–water partition coefficient (Wildman–Crippen LogP) is 2.33. The van der Waals surface area contributed by atoms with E-state index in [4.69, 9.17) is 0 Å². The van der Waals surface area contributed by atoms with Gasteiger partial charge in [0.05, 0.1) is 22.4 Å². The summed E-state index contributed by atoms with van der Waals surface area (Å²) in [6.07, 6.45) is 4.20. The van der Waals surface area contributed by atoms with Crippen molar-refractivity contribution >= 4 is 21.7 Å². The lowest BCUT2D eigenvalue weighted by Gasteiger charge is -2.05.